The van der Waals surface area contributed by atoms with Gasteiger partial charge in [-0.1, -0.05) is 48.5 Å². The van der Waals surface area contributed by atoms with Crippen LogP contribution in [0.5, 0.6) is 0 Å². The fraction of sp³-hybridized carbons (Fsp3) is 0.385. The molecule has 0 bridgehead atoms. The number of hydrogen-bond donors (Lipinski definition) is 5. The molecule has 2 unspecified atom stereocenters. The second kappa shape index (κ2) is 13.7. The van der Waals surface area contributed by atoms with Gasteiger partial charge in [-0.25, -0.2) is 4.79 Å². The van der Waals surface area contributed by atoms with Gasteiger partial charge in [-0.3, -0.25) is 24.6 Å². The number of thioether (sulfide) groups is 1. The average Bonchev–Trinajstić information content (AvgIpc) is 3.04. The summed E-state index contributed by atoms with van der Waals surface area (Å²) in [5.41, 5.74) is 7.99. The SMILES string of the molecule is CSCCC(NC(=O)CN1C(=O)[C@H](N(C)C(=O)[C@H](N)CS)NC(c2ccccc2)c2ccccc21)C(=O)O. The van der Waals surface area contributed by atoms with Gasteiger partial charge < -0.3 is 21.1 Å². The third-order valence-electron chi connectivity index (χ3n) is 6.29. The van der Waals surface area contributed by atoms with Crippen molar-refractivity contribution >= 4 is 53.8 Å². The van der Waals surface area contributed by atoms with E-state index in [1.165, 1.54) is 28.6 Å². The minimum Gasteiger partial charge on any atom is -0.480 e. The lowest BCUT2D eigenvalue weighted by Crippen LogP contribution is -2.60. The number of rotatable bonds is 11. The molecule has 0 spiro atoms. The Morgan fingerprint density at radius 1 is 1.18 bits per heavy atom. The van der Waals surface area contributed by atoms with Gasteiger partial charge in [-0.05, 0) is 35.6 Å². The quantitative estimate of drug-likeness (QED) is 0.257. The van der Waals surface area contributed by atoms with Crippen molar-refractivity contribution < 1.29 is 24.3 Å². The highest BCUT2D eigenvalue weighted by atomic mass is 32.2. The maximum Gasteiger partial charge on any atom is 0.326 e. The van der Waals surface area contributed by atoms with E-state index >= 15 is 0 Å². The van der Waals surface area contributed by atoms with Crippen LogP contribution in [0.4, 0.5) is 5.69 Å². The van der Waals surface area contributed by atoms with Crippen LogP contribution in [-0.4, -0.2) is 83.3 Å². The van der Waals surface area contributed by atoms with Gasteiger partial charge in [0.2, 0.25) is 11.8 Å². The molecule has 38 heavy (non-hydrogen) atoms. The van der Waals surface area contributed by atoms with Gasteiger partial charge in [0.05, 0.1) is 12.1 Å². The lowest BCUT2D eigenvalue weighted by Gasteiger charge is -2.32. The van der Waals surface area contributed by atoms with Gasteiger partial charge in [0.25, 0.3) is 5.91 Å². The van der Waals surface area contributed by atoms with E-state index in [1.54, 1.807) is 12.1 Å². The number of likely N-dealkylation sites (N-methyl/N-ethyl adjacent to an activating group) is 1. The van der Waals surface area contributed by atoms with Crippen molar-refractivity contribution in [1.29, 1.82) is 0 Å². The Morgan fingerprint density at radius 2 is 1.84 bits per heavy atom. The molecule has 0 saturated carbocycles. The average molecular weight is 560 g/mol. The number of nitrogens with two attached hydrogens (primary N) is 1. The molecule has 2 aromatic carbocycles. The van der Waals surface area contributed by atoms with E-state index < -0.39 is 54.5 Å². The minimum atomic E-state index is -1.16. The lowest BCUT2D eigenvalue weighted by atomic mass is 9.97. The minimum absolute atomic E-state index is 0.0885. The molecule has 3 amide bonds. The summed E-state index contributed by atoms with van der Waals surface area (Å²) in [6.07, 6.45) is 0.929. The molecule has 0 radical (unpaired) electrons. The molecular weight excluding hydrogens is 526 g/mol. The maximum atomic E-state index is 14.0. The summed E-state index contributed by atoms with van der Waals surface area (Å²) in [4.78, 5) is 54.2. The van der Waals surface area contributed by atoms with Gasteiger partial charge in [0, 0.05) is 18.5 Å². The number of carboxylic acid groups (broad SMARTS) is 1. The van der Waals surface area contributed by atoms with E-state index in [-0.39, 0.29) is 12.2 Å². The predicted molar refractivity (Wildman–Crippen MR) is 151 cm³/mol. The number of carbonyl (C=O) groups is 4. The Bertz CT molecular complexity index is 1150. The molecule has 12 heteroatoms. The smallest absolute Gasteiger partial charge is 0.326 e. The maximum absolute atomic E-state index is 14.0. The summed E-state index contributed by atoms with van der Waals surface area (Å²) in [5.74, 6) is -2.18. The first-order valence-electron chi connectivity index (χ1n) is 12.0. The monoisotopic (exact) mass is 559 g/mol. The van der Waals surface area contributed by atoms with E-state index in [1.807, 2.05) is 48.7 Å². The number of carbonyl (C=O) groups excluding carboxylic acids is 3. The Kier molecular flexibility index (Phi) is 10.6. The van der Waals surface area contributed by atoms with Gasteiger partial charge >= 0.3 is 5.97 Å². The first-order chi connectivity index (χ1) is 18.2. The summed E-state index contributed by atoms with van der Waals surface area (Å²) in [5, 5.41) is 15.4. The predicted octanol–water partition coefficient (Wildman–Crippen LogP) is 1.08. The van der Waals surface area contributed by atoms with Crippen LogP contribution >= 0.6 is 24.4 Å². The molecule has 10 nitrogen and oxygen atoms in total. The van der Waals surface area contributed by atoms with Crippen LogP contribution in [0, 0.1) is 0 Å². The van der Waals surface area contributed by atoms with Crippen LogP contribution in [0.2, 0.25) is 0 Å². The van der Waals surface area contributed by atoms with Crippen molar-refractivity contribution in [3.63, 3.8) is 0 Å². The summed E-state index contributed by atoms with van der Waals surface area (Å²) in [6, 6.07) is 14.1. The van der Waals surface area contributed by atoms with Crippen molar-refractivity contribution in [1.82, 2.24) is 15.5 Å². The second-order valence-electron chi connectivity index (χ2n) is 8.87. The van der Waals surface area contributed by atoms with Gasteiger partial charge in [0.1, 0.15) is 12.6 Å². The first-order valence-corrected chi connectivity index (χ1v) is 14.1. The number of hydrogen-bond acceptors (Lipinski definition) is 8. The molecule has 1 aliphatic heterocycles. The number of nitrogens with zero attached hydrogens (tertiary/aromatic N) is 2. The van der Waals surface area contributed by atoms with Crippen molar-refractivity contribution in [3.8, 4) is 0 Å². The first kappa shape index (κ1) is 29.5. The van der Waals surface area contributed by atoms with Crippen LogP contribution in [0.25, 0.3) is 0 Å². The van der Waals surface area contributed by atoms with Crippen LogP contribution in [0.15, 0.2) is 54.6 Å². The van der Waals surface area contributed by atoms with Crippen LogP contribution < -0.4 is 21.3 Å². The third kappa shape index (κ3) is 6.87. The van der Waals surface area contributed by atoms with E-state index in [4.69, 9.17) is 5.73 Å². The molecule has 4 atom stereocenters. The molecule has 0 saturated heterocycles. The molecule has 1 heterocycles. The van der Waals surface area contributed by atoms with Gasteiger partial charge in [0.15, 0.2) is 6.17 Å². The number of amides is 3. The number of thiol groups is 1. The number of aliphatic carboxylic acids is 1. The molecule has 3 rings (SSSR count). The topological polar surface area (TPSA) is 145 Å². The molecule has 5 N–H and O–H groups in total. The Hall–Kier alpha value is -3.06. The third-order valence-corrected chi connectivity index (χ3v) is 7.33. The van der Waals surface area contributed by atoms with Crippen molar-refractivity contribution in [2.45, 2.75) is 30.7 Å². The summed E-state index contributed by atoms with van der Waals surface area (Å²) in [6.45, 7) is -0.431. The van der Waals surface area contributed by atoms with Crippen LogP contribution in [0.1, 0.15) is 23.6 Å². The molecular formula is C26H33N5O5S2. The fourth-order valence-corrected chi connectivity index (χ4v) is 4.90. The standard InChI is InChI=1S/C26H33N5O5S2/c1-30(24(33)18(27)15-37)23-25(34)31(14-21(32)28-19(26(35)36)12-13-38-2)20-11-7-6-10-17(20)22(29-23)16-8-4-3-5-9-16/h3-11,18-19,22-23,29,37H,12-15,27H2,1-2H3,(H,28,32)(H,35,36)/t18-,19?,22?,23+/m1/s1. The van der Waals surface area contributed by atoms with Crippen LogP contribution in [0.3, 0.4) is 0 Å². The summed E-state index contributed by atoms with van der Waals surface area (Å²) < 4.78 is 0. The highest BCUT2D eigenvalue weighted by Crippen LogP contribution is 2.34. The number of benzene rings is 2. The Labute approximate surface area is 231 Å². The number of para-hydroxylation sites is 1. The molecule has 2 aromatic rings. The fourth-order valence-electron chi connectivity index (χ4n) is 4.27. The highest BCUT2D eigenvalue weighted by molar-refractivity contribution is 7.98. The normalized spacial score (nSPS) is 18.6. The molecule has 0 aromatic heterocycles. The van der Waals surface area contributed by atoms with Crippen molar-refractivity contribution in [3.05, 3.63) is 65.7 Å². The van der Waals surface area contributed by atoms with Crippen LogP contribution in [-0.2, 0) is 19.2 Å². The Morgan fingerprint density at radius 3 is 2.47 bits per heavy atom. The number of fused-ring (bicyclic) bond motifs is 1. The summed E-state index contributed by atoms with van der Waals surface area (Å²) >= 11 is 5.59. The Balaban J connectivity index is 2.03. The second-order valence-corrected chi connectivity index (χ2v) is 10.2. The highest BCUT2D eigenvalue weighted by Gasteiger charge is 2.40. The van der Waals surface area contributed by atoms with Gasteiger partial charge in [-0.15, -0.1) is 0 Å². The zero-order valence-electron chi connectivity index (χ0n) is 21.2. The van der Waals surface area contributed by atoms with E-state index in [2.05, 4.69) is 23.3 Å². The zero-order valence-corrected chi connectivity index (χ0v) is 23.0. The van der Waals surface area contributed by atoms with E-state index in [0.29, 0.717) is 11.4 Å². The van der Waals surface area contributed by atoms with Gasteiger partial charge in [-0.2, -0.15) is 24.4 Å². The van der Waals surface area contributed by atoms with E-state index in [9.17, 15) is 24.3 Å². The lowest BCUT2D eigenvalue weighted by molar-refractivity contribution is -0.142. The zero-order chi connectivity index (χ0) is 27.8. The number of carboxylic acids is 1. The largest absolute Gasteiger partial charge is 0.480 e. The van der Waals surface area contributed by atoms with Crippen molar-refractivity contribution in [2.75, 3.05) is 36.3 Å². The molecule has 204 valence electrons. The number of anilines is 1. The number of nitrogens with one attached hydrogen (secondary N) is 2. The van der Waals surface area contributed by atoms with Crippen molar-refractivity contribution in [2.24, 2.45) is 5.73 Å². The van der Waals surface area contributed by atoms with E-state index in [0.717, 1.165) is 11.1 Å². The molecule has 0 aliphatic carbocycles. The molecule has 0 fully saturated rings. The molecule has 1 aliphatic rings. The summed E-state index contributed by atoms with van der Waals surface area (Å²) in [7, 11) is 1.47.